The summed E-state index contributed by atoms with van der Waals surface area (Å²) in [5.74, 6) is -0.362. The Balaban J connectivity index is 1.75. The normalized spacial score (nSPS) is 10.6. The molecule has 0 unspecified atom stereocenters. The van der Waals surface area contributed by atoms with Crippen molar-refractivity contribution < 1.29 is 9.59 Å². The van der Waals surface area contributed by atoms with Crippen LogP contribution in [-0.4, -0.2) is 21.8 Å². The maximum atomic E-state index is 12.4. The molecular formula is C18H17ClN4O2S2. The minimum atomic E-state index is -0.313. The van der Waals surface area contributed by atoms with Crippen LogP contribution in [0.15, 0.2) is 29.6 Å². The molecule has 0 radical (unpaired) electrons. The zero-order chi connectivity index (χ0) is 19.4. The maximum absolute atomic E-state index is 12.4. The molecule has 2 amide bonds. The Kier molecular flexibility index (Phi) is 6.20. The second-order valence-corrected chi connectivity index (χ2v) is 7.97. The highest BCUT2D eigenvalue weighted by molar-refractivity contribution is 7.20. The number of aryl methyl sites for hydroxylation is 1. The van der Waals surface area contributed by atoms with Crippen LogP contribution in [0.25, 0.3) is 10.6 Å². The molecule has 0 aliphatic carbocycles. The van der Waals surface area contributed by atoms with Crippen molar-refractivity contribution in [2.75, 3.05) is 10.6 Å². The first-order chi connectivity index (χ1) is 13.0. The van der Waals surface area contributed by atoms with Crippen molar-refractivity contribution in [3.8, 4) is 10.6 Å². The van der Waals surface area contributed by atoms with Crippen molar-refractivity contribution in [3.05, 3.63) is 45.9 Å². The second kappa shape index (κ2) is 8.60. The second-order valence-electron chi connectivity index (χ2n) is 5.70. The lowest BCUT2D eigenvalue weighted by molar-refractivity contribution is -0.116. The third-order valence-electron chi connectivity index (χ3n) is 3.60. The summed E-state index contributed by atoms with van der Waals surface area (Å²) < 4.78 is 0. The lowest BCUT2D eigenvalue weighted by atomic mass is 10.2. The molecule has 0 atom stereocenters. The molecule has 0 fully saturated rings. The Labute approximate surface area is 169 Å². The van der Waals surface area contributed by atoms with E-state index in [-0.39, 0.29) is 11.8 Å². The van der Waals surface area contributed by atoms with Gasteiger partial charge in [-0.05, 0) is 25.5 Å². The number of hydrogen-bond donors (Lipinski definition) is 2. The molecular weight excluding hydrogens is 404 g/mol. The van der Waals surface area contributed by atoms with Crippen LogP contribution in [0.4, 0.5) is 10.3 Å². The van der Waals surface area contributed by atoms with E-state index < -0.39 is 0 Å². The van der Waals surface area contributed by atoms with Crippen LogP contribution >= 0.6 is 34.3 Å². The first-order valence-corrected chi connectivity index (χ1v) is 10.3. The van der Waals surface area contributed by atoms with Gasteiger partial charge in [0.25, 0.3) is 5.91 Å². The molecule has 0 saturated heterocycles. The standard InChI is InChI=1S/C18H17ClN4O2S2/c1-3-6-14(24)22-17-21-13(9-26-17)15-10(2)20-18(27-15)23-16(25)11-7-4-5-8-12(11)19/h4-5,7-9H,3,6H2,1-2H3,(H,20,23,25)(H,21,22,24). The SMILES string of the molecule is CCCC(=O)Nc1nc(-c2sc(NC(=O)c3ccccc3Cl)nc2C)cs1. The van der Waals surface area contributed by atoms with Gasteiger partial charge in [-0.25, -0.2) is 9.97 Å². The van der Waals surface area contributed by atoms with Gasteiger partial charge in [0.1, 0.15) is 0 Å². The molecule has 2 N–H and O–H groups in total. The molecule has 27 heavy (non-hydrogen) atoms. The smallest absolute Gasteiger partial charge is 0.258 e. The highest BCUT2D eigenvalue weighted by Gasteiger charge is 2.17. The van der Waals surface area contributed by atoms with E-state index in [9.17, 15) is 9.59 Å². The first kappa shape index (κ1) is 19.5. The highest BCUT2D eigenvalue weighted by atomic mass is 35.5. The van der Waals surface area contributed by atoms with Gasteiger partial charge in [0, 0.05) is 11.8 Å². The van der Waals surface area contributed by atoms with Gasteiger partial charge >= 0.3 is 0 Å². The highest BCUT2D eigenvalue weighted by Crippen LogP contribution is 2.34. The van der Waals surface area contributed by atoms with E-state index in [0.717, 1.165) is 22.7 Å². The number of nitrogens with one attached hydrogen (secondary N) is 2. The Morgan fingerprint density at radius 2 is 1.93 bits per heavy atom. The Hall–Kier alpha value is -2.29. The molecule has 3 aromatic rings. The molecule has 6 nitrogen and oxygen atoms in total. The van der Waals surface area contributed by atoms with Crippen molar-refractivity contribution in [2.45, 2.75) is 26.7 Å². The van der Waals surface area contributed by atoms with Crippen molar-refractivity contribution in [1.82, 2.24) is 9.97 Å². The van der Waals surface area contributed by atoms with E-state index in [1.807, 2.05) is 19.2 Å². The van der Waals surface area contributed by atoms with Crippen LogP contribution in [0.3, 0.4) is 0 Å². The van der Waals surface area contributed by atoms with E-state index in [2.05, 4.69) is 20.6 Å². The molecule has 3 rings (SSSR count). The third kappa shape index (κ3) is 4.71. The molecule has 0 saturated carbocycles. The number of aromatic nitrogens is 2. The quantitative estimate of drug-likeness (QED) is 0.572. The van der Waals surface area contributed by atoms with Crippen molar-refractivity contribution in [3.63, 3.8) is 0 Å². The minimum Gasteiger partial charge on any atom is -0.302 e. The van der Waals surface area contributed by atoms with Gasteiger partial charge in [-0.15, -0.1) is 11.3 Å². The number of rotatable bonds is 6. The van der Waals surface area contributed by atoms with Crippen LogP contribution in [0.1, 0.15) is 35.8 Å². The fourth-order valence-corrected chi connectivity index (χ4v) is 4.28. The molecule has 2 aromatic heterocycles. The van der Waals surface area contributed by atoms with E-state index in [1.165, 1.54) is 22.7 Å². The van der Waals surface area contributed by atoms with Gasteiger partial charge in [0.15, 0.2) is 10.3 Å². The molecule has 0 aliphatic heterocycles. The monoisotopic (exact) mass is 420 g/mol. The molecule has 2 heterocycles. The van der Waals surface area contributed by atoms with Crippen LogP contribution in [0, 0.1) is 6.92 Å². The van der Waals surface area contributed by atoms with E-state index >= 15 is 0 Å². The number of hydrogen-bond acceptors (Lipinski definition) is 6. The number of anilines is 2. The number of halogens is 1. The topological polar surface area (TPSA) is 84.0 Å². The summed E-state index contributed by atoms with van der Waals surface area (Å²) in [5.41, 5.74) is 1.87. The lowest BCUT2D eigenvalue weighted by Crippen LogP contribution is -2.12. The molecule has 140 valence electrons. The van der Waals surface area contributed by atoms with Gasteiger partial charge in [-0.3, -0.25) is 14.9 Å². The van der Waals surface area contributed by atoms with Gasteiger partial charge in [-0.1, -0.05) is 42.0 Å². The van der Waals surface area contributed by atoms with Gasteiger partial charge in [0.2, 0.25) is 5.91 Å². The average Bonchev–Trinajstić information content (AvgIpc) is 3.21. The summed E-state index contributed by atoms with van der Waals surface area (Å²) in [4.78, 5) is 33.8. The largest absolute Gasteiger partial charge is 0.302 e. The fraction of sp³-hybridized carbons (Fsp3) is 0.222. The number of nitrogens with zero attached hydrogens (tertiary/aromatic N) is 2. The predicted molar refractivity (Wildman–Crippen MR) is 111 cm³/mol. The van der Waals surface area contributed by atoms with E-state index in [0.29, 0.717) is 27.3 Å². The molecule has 1 aromatic carbocycles. The summed E-state index contributed by atoms with van der Waals surface area (Å²) in [6, 6.07) is 6.84. The number of carbonyl (C=O) groups excluding carboxylic acids is 2. The van der Waals surface area contributed by atoms with Crippen molar-refractivity contribution in [2.24, 2.45) is 0 Å². The zero-order valence-electron chi connectivity index (χ0n) is 14.7. The van der Waals surface area contributed by atoms with E-state index in [1.54, 1.807) is 24.3 Å². The fourth-order valence-electron chi connectivity index (χ4n) is 2.34. The predicted octanol–water partition coefficient (Wildman–Crippen LogP) is 5.22. The number of carbonyl (C=O) groups is 2. The summed E-state index contributed by atoms with van der Waals surface area (Å²) in [5, 5.41) is 8.83. The Bertz CT molecular complexity index is 983. The zero-order valence-corrected chi connectivity index (χ0v) is 17.1. The van der Waals surface area contributed by atoms with Crippen molar-refractivity contribution >= 4 is 56.4 Å². The molecule has 9 heteroatoms. The third-order valence-corrected chi connectivity index (χ3v) is 5.78. The van der Waals surface area contributed by atoms with Crippen LogP contribution < -0.4 is 10.6 Å². The van der Waals surface area contributed by atoms with Crippen molar-refractivity contribution in [1.29, 1.82) is 0 Å². The Morgan fingerprint density at radius 1 is 1.15 bits per heavy atom. The molecule has 0 aliphatic rings. The maximum Gasteiger partial charge on any atom is 0.258 e. The number of amides is 2. The summed E-state index contributed by atoms with van der Waals surface area (Å²) in [6.07, 6.45) is 1.25. The number of thiazole rings is 2. The van der Waals surface area contributed by atoms with Gasteiger partial charge in [-0.2, -0.15) is 0 Å². The summed E-state index contributed by atoms with van der Waals surface area (Å²) in [6.45, 7) is 3.80. The van der Waals surface area contributed by atoms with Gasteiger partial charge in [0.05, 0.1) is 26.9 Å². The Morgan fingerprint density at radius 3 is 2.67 bits per heavy atom. The summed E-state index contributed by atoms with van der Waals surface area (Å²) >= 11 is 8.75. The van der Waals surface area contributed by atoms with Crippen LogP contribution in [0.5, 0.6) is 0 Å². The number of benzene rings is 1. The summed E-state index contributed by atoms with van der Waals surface area (Å²) in [7, 11) is 0. The molecule has 0 bridgehead atoms. The van der Waals surface area contributed by atoms with Gasteiger partial charge < -0.3 is 5.32 Å². The lowest BCUT2D eigenvalue weighted by Gasteiger charge is -2.03. The van der Waals surface area contributed by atoms with E-state index in [4.69, 9.17) is 11.6 Å². The average molecular weight is 421 g/mol. The van der Waals surface area contributed by atoms with Crippen LogP contribution in [-0.2, 0) is 4.79 Å². The minimum absolute atomic E-state index is 0.0490. The first-order valence-electron chi connectivity index (χ1n) is 8.27. The molecule has 0 spiro atoms. The van der Waals surface area contributed by atoms with Crippen LogP contribution in [0.2, 0.25) is 5.02 Å².